The predicted octanol–water partition coefficient (Wildman–Crippen LogP) is 3.90. The molecule has 0 aromatic heterocycles. The smallest absolute Gasteiger partial charge is 0.697 e. The molecule has 2 rings (SSSR count). The van der Waals surface area contributed by atoms with E-state index in [4.69, 9.17) is 22.9 Å². The van der Waals surface area contributed by atoms with E-state index in [1.165, 1.54) is 0 Å². The van der Waals surface area contributed by atoms with Crippen LogP contribution in [0.4, 0.5) is 22.7 Å². The van der Waals surface area contributed by atoms with Crippen molar-refractivity contribution >= 4 is 22.7 Å². The van der Waals surface area contributed by atoms with Crippen molar-refractivity contribution in [3.63, 3.8) is 0 Å². The van der Waals surface area contributed by atoms with Gasteiger partial charge in [-0.15, -0.1) is 11.4 Å². The molecule has 0 saturated carbocycles. The molecule has 4 nitrogen and oxygen atoms in total. The van der Waals surface area contributed by atoms with Gasteiger partial charge >= 0.3 is 20.4 Å². The Kier molecular flexibility index (Phi) is 6.80. The topological polar surface area (TPSA) is 99.6 Å². The maximum atomic E-state index is 7.09. The second kappa shape index (κ2) is 7.56. The number of benzene rings is 2. The number of nitrogen functional groups attached to an aromatic ring is 2. The summed E-state index contributed by atoms with van der Waals surface area (Å²) in [5.74, 6) is 0. The van der Waals surface area contributed by atoms with Crippen LogP contribution < -0.4 is 11.5 Å². The third kappa shape index (κ3) is 5.25. The molecule has 0 saturated heterocycles. The summed E-state index contributed by atoms with van der Waals surface area (Å²) in [5.41, 5.74) is 26.7. The third-order valence-electron chi connectivity index (χ3n) is 1.92. The first kappa shape index (κ1) is 15.3. The van der Waals surface area contributed by atoms with Crippen molar-refractivity contribution in [2.24, 2.45) is 0 Å². The number of hydrogen-bond donors (Lipinski definition) is 2. The molecule has 0 spiro atoms. The Bertz CT molecular complexity index is 374. The molecule has 0 aliphatic heterocycles. The molecular weight excluding hydrogens is 307 g/mol. The van der Waals surface area contributed by atoms with Crippen molar-refractivity contribution in [2.45, 2.75) is 0 Å². The molecule has 6 N–H and O–H groups in total. The fourth-order valence-electron chi connectivity index (χ4n) is 0.994. The Balaban J connectivity index is 0.000000284. The average molecular weight is 321 g/mol. The molecule has 0 aliphatic rings. The SMILES string of the molecule is [NH-]c1ccccc1N.[NH-]c1ccccc1N.[Pd+2]. The Morgan fingerprint density at radius 1 is 0.647 bits per heavy atom. The minimum atomic E-state index is 0. The summed E-state index contributed by atoms with van der Waals surface area (Å²) in [6.07, 6.45) is 0. The Morgan fingerprint density at radius 3 is 1.12 bits per heavy atom. The van der Waals surface area contributed by atoms with Crippen molar-refractivity contribution in [3.8, 4) is 0 Å². The number of para-hydroxylation sites is 2. The number of hydrogen-bond acceptors (Lipinski definition) is 2. The number of rotatable bonds is 0. The van der Waals surface area contributed by atoms with Gasteiger partial charge in [0.05, 0.1) is 0 Å². The molecule has 0 bridgehead atoms. The molecule has 0 fully saturated rings. The zero-order valence-electron chi connectivity index (χ0n) is 9.09. The first-order chi connectivity index (χ1) is 7.61. The van der Waals surface area contributed by atoms with E-state index in [1.54, 1.807) is 36.4 Å². The van der Waals surface area contributed by atoms with Crippen molar-refractivity contribution < 1.29 is 20.4 Å². The molecule has 0 amide bonds. The van der Waals surface area contributed by atoms with Crippen molar-refractivity contribution in [1.82, 2.24) is 0 Å². The van der Waals surface area contributed by atoms with Crippen LogP contribution in [0.15, 0.2) is 48.5 Å². The fourth-order valence-corrected chi connectivity index (χ4v) is 0.994. The van der Waals surface area contributed by atoms with Crippen LogP contribution in [0.2, 0.25) is 0 Å². The average Bonchev–Trinajstić information content (AvgIpc) is 2.28. The van der Waals surface area contributed by atoms with Gasteiger partial charge in [0.15, 0.2) is 0 Å². The third-order valence-corrected chi connectivity index (χ3v) is 1.92. The molecule has 17 heavy (non-hydrogen) atoms. The van der Waals surface area contributed by atoms with E-state index in [-0.39, 0.29) is 20.4 Å². The van der Waals surface area contributed by atoms with E-state index in [0.29, 0.717) is 22.7 Å². The second-order valence-corrected chi connectivity index (χ2v) is 3.17. The van der Waals surface area contributed by atoms with Crippen LogP contribution >= 0.6 is 0 Å². The van der Waals surface area contributed by atoms with Crippen LogP contribution in [0.5, 0.6) is 0 Å². The minimum Gasteiger partial charge on any atom is -0.697 e. The van der Waals surface area contributed by atoms with Crippen LogP contribution in [-0.4, -0.2) is 0 Å². The Labute approximate surface area is 115 Å². The number of nitrogens with one attached hydrogen (secondary N) is 2. The first-order valence-corrected chi connectivity index (χ1v) is 4.73. The molecule has 92 valence electrons. The van der Waals surface area contributed by atoms with Crippen LogP contribution in [0.25, 0.3) is 11.5 Å². The van der Waals surface area contributed by atoms with Gasteiger partial charge in [0.2, 0.25) is 0 Å². The summed E-state index contributed by atoms with van der Waals surface area (Å²) in [6, 6.07) is 14.0. The van der Waals surface area contributed by atoms with Crippen LogP contribution in [0.1, 0.15) is 0 Å². The molecule has 0 atom stereocenters. The van der Waals surface area contributed by atoms with Gasteiger partial charge < -0.3 is 22.9 Å². The monoisotopic (exact) mass is 320 g/mol. The van der Waals surface area contributed by atoms with Gasteiger partial charge in [0.25, 0.3) is 0 Å². The molecule has 0 heterocycles. The van der Waals surface area contributed by atoms with Gasteiger partial charge in [-0.25, -0.2) is 0 Å². The molecular formula is C12H14N4Pd. The zero-order valence-corrected chi connectivity index (χ0v) is 10.6. The standard InChI is InChI=1S/2C6H7N2.Pd/c2*7-5-3-1-2-4-6(5)8;/h2*1-4,7H,8H2;/q2*-1;+2. The summed E-state index contributed by atoms with van der Waals surface area (Å²) in [7, 11) is 0. The van der Waals surface area contributed by atoms with Gasteiger partial charge in [0, 0.05) is 11.4 Å². The molecule has 2 aromatic rings. The van der Waals surface area contributed by atoms with Gasteiger partial charge in [-0.1, -0.05) is 36.4 Å². The maximum absolute atomic E-state index is 7.09. The van der Waals surface area contributed by atoms with Crippen LogP contribution in [0, 0.1) is 0 Å². The van der Waals surface area contributed by atoms with Gasteiger partial charge in [-0.2, -0.15) is 0 Å². The normalized spacial score (nSPS) is 8.47. The quantitative estimate of drug-likeness (QED) is 0.568. The summed E-state index contributed by atoms with van der Waals surface area (Å²) >= 11 is 0. The van der Waals surface area contributed by atoms with E-state index in [0.717, 1.165) is 0 Å². The second-order valence-electron chi connectivity index (χ2n) is 3.17. The van der Waals surface area contributed by atoms with Crippen molar-refractivity contribution in [1.29, 1.82) is 0 Å². The van der Waals surface area contributed by atoms with Crippen LogP contribution in [0.3, 0.4) is 0 Å². The van der Waals surface area contributed by atoms with Crippen LogP contribution in [-0.2, 0) is 20.4 Å². The Morgan fingerprint density at radius 2 is 0.941 bits per heavy atom. The number of nitrogens with two attached hydrogens (primary N) is 2. The van der Waals surface area contributed by atoms with Crippen molar-refractivity contribution in [2.75, 3.05) is 11.5 Å². The van der Waals surface area contributed by atoms with E-state index in [9.17, 15) is 0 Å². The molecule has 5 heteroatoms. The maximum Gasteiger partial charge on any atom is 2.00 e. The number of anilines is 2. The Hall–Kier alpha value is -1.70. The summed E-state index contributed by atoms with van der Waals surface area (Å²) < 4.78 is 0. The van der Waals surface area contributed by atoms with Gasteiger partial charge in [-0.3, -0.25) is 0 Å². The van der Waals surface area contributed by atoms with Gasteiger partial charge in [0.1, 0.15) is 0 Å². The first-order valence-electron chi connectivity index (χ1n) is 4.73. The predicted molar refractivity (Wildman–Crippen MR) is 69.7 cm³/mol. The minimum absolute atomic E-state index is 0. The molecule has 2 aromatic carbocycles. The van der Waals surface area contributed by atoms with E-state index in [2.05, 4.69) is 0 Å². The van der Waals surface area contributed by atoms with E-state index >= 15 is 0 Å². The summed E-state index contributed by atoms with van der Waals surface area (Å²) in [6.45, 7) is 0. The zero-order chi connectivity index (χ0) is 12.0. The van der Waals surface area contributed by atoms with Gasteiger partial charge in [-0.05, 0) is 12.1 Å². The molecule has 0 unspecified atom stereocenters. The van der Waals surface area contributed by atoms with Crippen molar-refractivity contribution in [3.05, 3.63) is 60.0 Å². The summed E-state index contributed by atoms with van der Waals surface area (Å²) in [4.78, 5) is 0. The largest absolute Gasteiger partial charge is 2.00 e. The van der Waals surface area contributed by atoms with E-state index in [1.807, 2.05) is 12.1 Å². The van der Waals surface area contributed by atoms with E-state index < -0.39 is 0 Å². The molecule has 0 radical (unpaired) electrons. The molecule has 0 aliphatic carbocycles. The fraction of sp³-hybridized carbons (Fsp3) is 0. The summed E-state index contributed by atoms with van der Waals surface area (Å²) in [5, 5.41) is 0.